The van der Waals surface area contributed by atoms with Crippen LogP contribution in [0.5, 0.6) is 5.75 Å². The van der Waals surface area contributed by atoms with Gasteiger partial charge in [0.1, 0.15) is 30.0 Å². The van der Waals surface area contributed by atoms with Crippen LogP contribution < -0.4 is 32.5 Å². The molecule has 0 radical (unpaired) electrons. The zero-order valence-corrected chi connectivity index (χ0v) is 27.2. The number of anilines is 2. The van der Waals surface area contributed by atoms with Crippen LogP contribution in [0.2, 0.25) is 0 Å². The van der Waals surface area contributed by atoms with Gasteiger partial charge in [0.15, 0.2) is 25.0 Å². The Morgan fingerprint density at radius 3 is 1.94 bits per heavy atom. The van der Waals surface area contributed by atoms with Gasteiger partial charge in [-0.1, -0.05) is 33.1 Å². The van der Waals surface area contributed by atoms with Gasteiger partial charge in [0, 0.05) is 12.4 Å². The molecule has 1 aromatic carbocycles. The average Bonchev–Trinajstić information content (AvgIpc) is 3.71. The molecule has 0 saturated carbocycles. The van der Waals surface area contributed by atoms with Gasteiger partial charge >= 0.3 is 25.1 Å². The molecule has 2 aromatic heterocycles. The largest absolute Gasteiger partial charge is 0.462 e. The molecule has 3 aromatic rings. The smallest absolute Gasteiger partial charge is 0.459 e. The van der Waals surface area contributed by atoms with Crippen molar-refractivity contribution >= 4 is 25.4 Å². The number of carbonyl (C=O) groups excluding carboxylic acids is 1. The number of nitrogens with one attached hydrogen (secondary N) is 1. The third-order valence-electron chi connectivity index (χ3n) is 6.35. The Bertz CT molecular complexity index is 1680. The van der Waals surface area contributed by atoms with Crippen molar-refractivity contribution < 1.29 is 47.2 Å². The van der Waals surface area contributed by atoms with Crippen molar-refractivity contribution in [1.29, 1.82) is 0 Å². The number of hydrogen-bond acceptors (Lipinski definition) is 16. The second-order valence-electron chi connectivity index (χ2n) is 10.5. The number of carbonyl (C=O) groups is 1. The summed E-state index contributed by atoms with van der Waals surface area (Å²) >= 11 is 0. The molecule has 2 aliphatic rings. The van der Waals surface area contributed by atoms with Gasteiger partial charge < -0.3 is 44.8 Å². The van der Waals surface area contributed by atoms with E-state index in [-0.39, 0.29) is 64.8 Å². The van der Waals surface area contributed by atoms with Crippen LogP contribution in [0.25, 0.3) is 0 Å². The topological polar surface area (TPSA) is 253 Å². The van der Waals surface area contributed by atoms with Crippen molar-refractivity contribution in [2.24, 2.45) is 0 Å². The first-order chi connectivity index (χ1) is 22.9. The molecule has 20 heteroatoms. The first-order valence-electron chi connectivity index (χ1n) is 14.7. The van der Waals surface area contributed by atoms with Gasteiger partial charge in [0.05, 0.1) is 25.9 Å². The molecule has 19 nitrogen and oxygen atoms in total. The van der Waals surface area contributed by atoms with E-state index in [0.29, 0.717) is 0 Å². The number of para-hydroxylation sites is 1. The molecule has 50 heavy (non-hydrogen) atoms. The highest BCUT2D eigenvalue weighted by molar-refractivity contribution is 7.52. The number of nitrogen functional groups attached to an aromatic ring is 2. The number of aliphatic hydroxyl groups excluding tert-OH is 1. The summed E-state index contributed by atoms with van der Waals surface area (Å²) in [5.74, 6) is -0.100. The van der Waals surface area contributed by atoms with Crippen molar-refractivity contribution in [1.82, 2.24) is 24.2 Å². The van der Waals surface area contributed by atoms with Crippen molar-refractivity contribution in [2.75, 3.05) is 37.9 Å². The number of benzene rings is 1. The summed E-state index contributed by atoms with van der Waals surface area (Å²) in [6.45, 7) is 4.58. The minimum atomic E-state index is -4.06. The van der Waals surface area contributed by atoms with Crippen LogP contribution in [0.15, 0.2) is 64.4 Å². The standard InChI is InChI=1S/C20H27N4O8P.C8H11N3O4.2CH4/c1-13(2)30-19(25)14(3)23-33(27,32-15-7-5-4-6-8-15)29-12-18-28-11-17(31-18)24-10-9-16(21)22-20(24)26;9-5-1-2-11(8(13)10-5)6-4-14-7(3-12)15-6;;/h4-10,13-14,17-18H,11-12H2,1-3H3,(H,23,27)(H2,21,22,26);1-2,6-7,12H,3-4H2,(H2,9,10,13);2*1H4/t14-,17-,18-,33-;6-,7-;;/m00../s1. The Balaban J connectivity index is 0.000000428. The first-order valence-corrected chi connectivity index (χ1v) is 16.2. The predicted octanol–water partition coefficient (Wildman–Crippen LogP) is 1.79. The number of hydrogen-bond donors (Lipinski definition) is 4. The van der Waals surface area contributed by atoms with Crippen molar-refractivity contribution in [3.63, 3.8) is 0 Å². The first kappa shape index (κ1) is 42.0. The highest BCUT2D eigenvalue weighted by Gasteiger charge is 2.36. The van der Waals surface area contributed by atoms with Crippen LogP contribution in [0.4, 0.5) is 11.6 Å². The molecule has 278 valence electrons. The molecular formula is C30H46N7O12P. The Labute approximate surface area is 289 Å². The minimum Gasteiger partial charge on any atom is -0.462 e. The summed E-state index contributed by atoms with van der Waals surface area (Å²) in [6, 6.07) is 10.3. The van der Waals surface area contributed by atoms with E-state index in [0.717, 1.165) is 0 Å². The molecule has 2 saturated heterocycles. The number of esters is 1. The second-order valence-corrected chi connectivity index (χ2v) is 12.2. The third-order valence-corrected chi connectivity index (χ3v) is 7.99. The molecule has 0 aliphatic carbocycles. The van der Waals surface area contributed by atoms with E-state index in [1.807, 2.05) is 0 Å². The molecule has 5 rings (SSSR count). The van der Waals surface area contributed by atoms with Crippen molar-refractivity contribution in [2.45, 2.75) is 72.8 Å². The van der Waals surface area contributed by atoms with E-state index < -0.39 is 56.2 Å². The maximum Gasteiger partial charge on any atom is 0.459 e. The predicted molar refractivity (Wildman–Crippen MR) is 181 cm³/mol. The van der Waals surface area contributed by atoms with E-state index in [2.05, 4.69) is 15.1 Å². The number of nitrogens with zero attached hydrogens (tertiary/aromatic N) is 4. The summed E-state index contributed by atoms with van der Waals surface area (Å²) < 4.78 is 53.6. The molecule has 4 heterocycles. The Morgan fingerprint density at radius 2 is 1.46 bits per heavy atom. The highest BCUT2D eigenvalue weighted by Crippen LogP contribution is 2.45. The molecule has 0 unspecified atom stereocenters. The van der Waals surface area contributed by atoms with Gasteiger partial charge in [-0.2, -0.15) is 15.1 Å². The number of aromatic nitrogens is 4. The highest BCUT2D eigenvalue weighted by atomic mass is 31.2. The molecule has 2 aliphatic heterocycles. The normalized spacial score (nSPS) is 21.5. The Hall–Kier alpha value is -4.20. The van der Waals surface area contributed by atoms with Gasteiger partial charge in [-0.3, -0.25) is 18.5 Å². The van der Waals surface area contributed by atoms with E-state index in [4.69, 9.17) is 49.3 Å². The van der Waals surface area contributed by atoms with Gasteiger partial charge in [-0.15, -0.1) is 0 Å². The molecular weight excluding hydrogens is 681 g/mol. The molecule has 2 fully saturated rings. The summed E-state index contributed by atoms with van der Waals surface area (Å²) in [5.41, 5.74) is 9.75. The van der Waals surface area contributed by atoms with Gasteiger partial charge in [-0.25, -0.2) is 14.2 Å². The molecule has 0 amide bonds. The van der Waals surface area contributed by atoms with Crippen LogP contribution in [0, 0.1) is 0 Å². The maximum atomic E-state index is 13.4. The van der Waals surface area contributed by atoms with Crippen LogP contribution in [0.1, 0.15) is 48.1 Å². The summed E-state index contributed by atoms with van der Waals surface area (Å²) in [5, 5.41) is 11.3. The van der Waals surface area contributed by atoms with E-state index in [1.165, 1.54) is 40.6 Å². The zero-order chi connectivity index (χ0) is 34.8. The van der Waals surface area contributed by atoms with Crippen molar-refractivity contribution in [3.8, 4) is 5.75 Å². The van der Waals surface area contributed by atoms with Gasteiger partial charge in [-0.05, 0) is 45.0 Å². The Kier molecular flexibility index (Phi) is 16.2. The van der Waals surface area contributed by atoms with Gasteiger partial charge in [0.25, 0.3) is 0 Å². The van der Waals surface area contributed by atoms with Gasteiger partial charge in [0.2, 0.25) is 0 Å². The second kappa shape index (κ2) is 19.3. The van der Waals surface area contributed by atoms with Crippen LogP contribution in [0.3, 0.4) is 0 Å². The van der Waals surface area contributed by atoms with Crippen molar-refractivity contribution in [3.05, 3.63) is 75.8 Å². The van der Waals surface area contributed by atoms with Crippen LogP contribution >= 0.6 is 7.75 Å². The maximum absolute atomic E-state index is 13.4. The van der Waals surface area contributed by atoms with Crippen LogP contribution in [-0.2, 0) is 37.6 Å². The molecule has 0 bridgehead atoms. The third kappa shape index (κ3) is 12.0. The fourth-order valence-corrected chi connectivity index (χ4v) is 5.62. The fraction of sp³-hybridized carbons (Fsp3) is 0.500. The quantitative estimate of drug-likeness (QED) is 0.153. The molecule has 6 N–H and O–H groups in total. The number of rotatable bonds is 12. The lowest BCUT2D eigenvalue weighted by Crippen LogP contribution is -2.36. The number of ether oxygens (including phenoxy) is 5. The molecule has 0 spiro atoms. The number of aliphatic hydroxyl groups is 1. The summed E-state index contributed by atoms with van der Waals surface area (Å²) in [6.07, 6.45) is -0.371. The fourth-order valence-electron chi connectivity index (χ4n) is 4.15. The molecule has 6 atom stereocenters. The number of nitrogens with two attached hydrogens (primary N) is 2. The Morgan fingerprint density at radius 1 is 0.940 bits per heavy atom. The lowest BCUT2D eigenvalue weighted by Gasteiger charge is -2.24. The lowest BCUT2D eigenvalue weighted by molar-refractivity contribution is -0.149. The van der Waals surface area contributed by atoms with E-state index in [1.54, 1.807) is 44.2 Å². The SMILES string of the molecule is C.C.CC(C)OC(=O)[C@H](C)N[P@](=O)(OC[C@H]1OC[C@@H](n2ccc(N)nc2=O)O1)Oc1ccccc1.Nc1ccn([C@@H]2CO[C@H](CO)O2)c(=O)n1. The summed E-state index contributed by atoms with van der Waals surface area (Å²) in [7, 11) is -4.06. The monoisotopic (exact) mass is 727 g/mol. The van der Waals surface area contributed by atoms with E-state index >= 15 is 0 Å². The zero-order valence-electron chi connectivity index (χ0n) is 26.3. The summed E-state index contributed by atoms with van der Waals surface area (Å²) in [4.78, 5) is 42.8. The average molecular weight is 728 g/mol. The lowest BCUT2D eigenvalue weighted by atomic mass is 10.3. The van der Waals surface area contributed by atoms with E-state index in [9.17, 15) is 18.9 Å². The minimum absolute atomic E-state index is 0. The van der Waals surface area contributed by atoms with Crippen LogP contribution in [-0.4, -0.2) is 81.3 Å².